The van der Waals surface area contributed by atoms with E-state index in [1.807, 2.05) is 19.1 Å². The second-order valence-corrected chi connectivity index (χ2v) is 4.53. The zero-order chi connectivity index (χ0) is 13.4. The Kier molecular flexibility index (Phi) is 6.58. The number of hydrogen-bond acceptors (Lipinski definition) is 3. The number of methoxy groups -OCH3 is 1. The second-order valence-electron chi connectivity index (χ2n) is 4.53. The molecule has 0 spiro atoms. The maximum Gasteiger partial charge on any atom is 0.165 e. The minimum absolute atomic E-state index is 0.653. The highest BCUT2D eigenvalue weighted by Crippen LogP contribution is 2.30. The van der Waals surface area contributed by atoms with Crippen molar-refractivity contribution < 1.29 is 9.47 Å². The monoisotopic (exact) mass is 251 g/mol. The summed E-state index contributed by atoms with van der Waals surface area (Å²) in [6, 6.07) is 6.03. The van der Waals surface area contributed by atoms with Gasteiger partial charge in [0.2, 0.25) is 0 Å². The molecule has 0 aliphatic carbocycles. The van der Waals surface area contributed by atoms with Crippen LogP contribution in [-0.2, 0) is 6.54 Å². The average molecular weight is 251 g/mol. The summed E-state index contributed by atoms with van der Waals surface area (Å²) in [4.78, 5) is 0. The van der Waals surface area contributed by atoms with E-state index in [4.69, 9.17) is 9.47 Å². The summed E-state index contributed by atoms with van der Waals surface area (Å²) in [6.07, 6.45) is 1.20. The molecule has 0 heterocycles. The molecule has 0 bridgehead atoms. The Hall–Kier alpha value is -1.22. The number of hydrogen-bond donors (Lipinski definition) is 1. The molecule has 102 valence electrons. The van der Waals surface area contributed by atoms with Gasteiger partial charge in [-0.1, -0.05) is 32.4 Å². The van der Waals surface area contributed by atoms with Gasteiger partial charge in [-0.25, -0.2) is 0 Å². The third-order valence-corrected chi connectivity index (χ3v) is 3.07. The van der Waals surface area contributed by atoms with Crippen LogP contribution < -0.4 is 14.8 Å². The highest BCUT2D eigenvalue weighted by molar-refractivity contribution is 5.46. The first-order valence-corrected chi connectivity index (χ1v) is 6.72. The maximum atomic E-state index is 5.56. The molecule has 1 rings (SSSR count). The second kappa shape index (κ2) is 7.98. The van der Waals surface area contributed by atoms with Crippen LogP contribution in [0.2, 0.25) is 0 Å². The third kappa shape index (κ3) is 4.22. The normalized spacial score (nSPS) is 12.2. The van der Waals surface area contributed by atoms with Crippen LogP contribution >= 0.6 is 0 Å². The first-order valence-electron chi connectivity index (χ1n) is 6.72. The molecule has 0 saturated heterocycles. The number of benzene rings is 1. The Balaban J connectivity index is 2.66. The lowest BCUT2D eigenvalue weighted by Gasteiger charge is -2.15. The van der Waals surface area contributed by atoms with Crippen molar-refractivity contribution in [1.29, 1.82) is 0 Å². The van der Waals surface area contributed by atoms with Gasteiger partial charge in [-0.3, -0.25) is 0 Å². The summed E-state index contributed by atoms with van der Waals surface area (Å²) in [6.45, 7) is 8.93. The van der Waals surface area contributed by atoms with Crippen LogP contribution in [0.15, 0.2) is 18.2 Å². The van der Waals surface area contributed by atoms with E-state index in [2.05, 4.69) is 25.2 Å². The van der Waals surface area contributed by atoms with Gasteiger partial charge in [-0.2, -0.15) is 0 Å². The maximum absolute atomic E-state index is 5.56. The molecule has 0 aliphatic heterocycles. The van der Waals surface area contributed by atoms with Gasteiger partial charge >= 0.3 is 0 Å². The Morgan fingerprint density at radius 2 is 2.06 bits per heavy atom. The van der Waals surface area contributed by atoms with Gasteiger partial charge in [0.15, 0.2) is 11.5 Å². The van der Waals surface area contributed by atoms with E-state index in [-0.39, 0.29) is 0 Å². The third-order valence-electron chi connectivity index (χ3n) is 3.07. The van der Waals surface area contributed by atoms with E-state index in [1.165, 1.54) is 6.42 Å². The molecule has 18 heavy (non-hydrogen) atoms. The van der Waals surface area contributed by atoms with Crippen molar-refractivity contribution in [3.63, 3.8) is 0 Å². The van der Waals surface area contributed by atoms with Crippen molar-refractivity contribution in [2.24, 2.45) is 5.92 Å². The first-order chi connectivity index (χ1) is 8.72. The predicted octanol–water partition coefficient (Wildman–Crippen LogP) is 3.23. The quantitative estimate of drug-likeness (QED) is 0.769. The van der Waals surface area contributed by atoms with Gasteiger partial charge in [0.1, 0.15) is 0 Å². The summed E-state index contributed by atoms with van der Waals surface area (Å²) < 4.78 is 11.0. The molecule has 0 saturated carbocycles. The Labute approximate surface area is 110 Å². The summed E-state index contributed by atoms with van der Waals surface area (Å²) in [7, 11) is 1.69. The molecule has 0 amide bonds. The fourth-order valence-corrected chi connectivity index (χ4v) is 1.80. The highest BCUT2D eigenvalue weighted by Gasteiger charge is 2.09. The molecule has 0 aromatic heterocycles. The summed E-state index contributed by atoms with van der Waals surface area (Å²) in [5.41, 5.74) is 1.15. The summed E-state index contributed by atoms with van der Waals surface area (Å²) >= 11 is 0. The van der Waals surface area contributed by atoms with E-state index < -0.39 is 0 Å². The van der Waals surface area contributed by atoms with Gasteiger partial charge in [0, 0.05) is 12.1 Å². The fourth-order valence-electron chi connectivity index (χ4n) is 1.80. The molecule has 1 unspecified atom stereocenters. The van der Waals surface area contributed by atoms with Gasteiger partial charge in [0.25, 0.3) is 0 Å². The topological polar surface area (TPSA) is 30.5 Å². The lowest BCUT2D eigenvalue weighted by molar-refractivity contribution is 0.308. The van der Waals surface area contributed by atoms with Crippen molar-refractivity contribution in [2.45, 2.75) is 33.7 Å². The SMILES string of the molecule is CCOc1cccc(CNCC(C)CC)c1OC. The minimum Gasteiger partial charge on any atom is -0.493 e. The molecule has 0 fully saturated rings. The lowest BCUT2D eigenvalue weighted by Crippen LogP contribution is -2.20. The largest absolute Gasteiger partial charge is 0.493 e. The van der Waals surface area contributed by atoms with Crippen LogP contribution in [0.4, 0.5) is 0 Å². The van der Waals surface area contributed by atoms with Crippen molar-refractivity contribution in [1.82, 2.24) is 5.32 Å². The van der Waals surface area contributed by atoms with Gasteiger partial charge in [0.05, 0.1) is 13.7 Å². The molecule has 1 N–H and O–H groups in total. The Bertz CT molecular complexity index is 352. The van der Waals surface area contributed by atoms with E-state index >= 15 is 0 Å². The molecular weight excluding hydrogens is 226 g/mol. The molecule has 1 aromatic carbocycles. The van der Waals surface area contributed by atoms with Crippen LogP contribution in [0.25, 0.3) is 0 Å². The molecule has 0 radical (unpaired) electrons. The Morgan fingerprint density at radius 1 is 1.28 bits per heavy atom. The van der Waals surface area contributed by atoms with Crippen molar-refractivity contribution >= 4 is 0 Å². The fraction of sp³-hybridized carbons (Fsp3) is 0.600. The van der Waals surface area contributed by atoms with E-state index in [0.29, 0.717) is 12.5 Å². The highest BCUT2D eigenvalue weighted by atomic mass is 16.5. The van der Waals surface area contributed by atoms with Crippen LogP contribution in [0.1, 0.15) is 32.8 Å². The molecule has 3 heteroatoms. The number of ether oxygens (including phenoxy) is 2. The summed E-state index contributed by atoms with van der Waals surface area (Å²) in [5.74, 6) is 2.37. The first kappa shape index (κ1) is 14.8. The number of para-hydroxylation sites is 1. The van der Waals surface area contributed by atoms with Gasteiger partial charge in [-0.05, 0) is 25.5 Å². The van der Waals surface area contributed by atoms with E-state index in [1.54, 1.807) is 7.11 Å². The van der Waals surface area contributed by atoms with Gasteiger partial charge < -0.3 is 14.8 Å². The molecule has 1 aromatic rings. The van der Waals surface area contributed by atoms with Crippen LogP contribution in [-0.4, -0.2) is 20.3 Å². The molecule has 3 nitrogen and oxygen atoms in total. The molecular formula is C15H25NO2. The number of nitrogens with one attached hydrogen (secondary N) is 1. The van der Waals surface area contributed by atoms with E-state index in [0.717, 1.165) is 30.2 Å². The summed E-state index contributed by atoms with van der Waals surface area (Å²) in [5, 5.41) is 3.46. The van der Waals surface area contributed by atoms with Crippen LogP contribution in [0, 0.1) is 5.92 Å². The molecule has 0 aliphatic rings. The minimum atomic E-state index is 0.653. The Morgan fingerprint density at radius 3 is 2.67 bits per heavy atom. The van der Waals surface area contributed by atoms with Crippen molar-refractivity contribution in [3.05, 3.63) is 23.8 Å². The zero-order valence-corrected chi connectivity index (χ0v) is 12.0. The van der Waals surface area contributed by atoms with Crippen molar-refractivity contribution in [3.8, 4) is 11.5 Å². The zero-order valence-electron chi connectivity index (χ0n) is 12.0. The number of rotatable bonds is 8. The van der Waals surface area contributed by atoms with Crippen LogP contribution in [0.5, 0.6) is 11.5 Å². The molecule has 1 atom stereocenters. The van der Waals surface area contributed by atoms with Crippen LogP contribution in [0.3, 0.4) is 0 Å². The van der Waals surface area contributed by atoms with Crippen molar-refractivity contribution in [2.75, 3.05) is 20.3 Å². The lowest BCUT2D eigenvalue weighted by atomic mass is 10.1. The van der Waals surface area contributed by atoms with Gasteiger partial charge in [-0.15, -0.1) is 0 Å². The smallest absolute Gasteiger partial charge is 0.165 e. The average Bonchev–Trinajstić information content (AvgIpc) is 2.39. The predicted molar refractivity (Wildman–Crippen MR) is 75.3 cm³/mol. The standard InChI is InChI=1S/C15H25NO2/c1-5-12(3)10-16-11-13-8-7-9-14(18-6-2)15(13)17-4/h7-9,12,16H,5-6,10-11H2,1-4H3. The van der Waals surface area contributed by atoms with E-state index in [9.17, 15) is 0 Å².